The van der Waals surface area contributed by atoms with Gasteiger partial charge in [0, 0.05) is 23.4 Å². The van der Waals surface area contributed by atoms with E-state index in [-0.39, 0.29) is 6.61 Å². The molecule has 0 fully saturated rings. The Balaban J connectivity index is 2.16. The molecule has 83 valence electrons. The molecule has 3 nitrogen and oxygen atoms in total. The van der Waals surface area contributed by atoms with Gasteiger partial charge in [0.05, 0.1) is 6.61 Å². The van der Waals surface area contributed by atoms with Crippen LogP contribution >= 0.6 is 0 Å². The highest BCUT2D eigenvalue weighted by molar-refractivity contribution is 7.91. The van der Waals surface area contributed by atoms with Crippen molar-refractivity contribution < 1.29 is 9.66 Å². The van der Waals surface area contributed by atoms with Crippen LogP contribution in [0.25, 0.3) is 0 Å². The minimum absolute atomic E-state index is 0.00330. The molecule has 1 radical (unpaired) electrons. The van der Waals surface area contributed by atoms with E-state index in [4.69, 9.17) is 0 Å². The van der Waals surface area contributed by atoms with Crippen LogP contribution in [0.3, 0.4) is 0 Å². The van der Waals surface area contributed by atoms with Crippen molar-refractivity contribution in [2.75, 3.05) is 12.4 Å². The molecule has 0 aromatic carbocycles. The lowest BCUT2D eigenvalue weighted by molar-refractivity contribution is 0.186. The Kier molecular flexibility index (Phi) is 6.39. The molecule has 15 heavy (non-hydrogen) atoms. The summed E-state index contributed by atoms with van der Waals surface area (Å²) < 4.78 is 11.7. The summed E-state index contributed by atoms with van der Waals surface area (Å²) in [6.07, 6.45) is 5.23. The predicted molar refractivity (Wildman–Crippen MR) is 59.5 cm³/mol. The van der Waals surface area contributed by atoms with Gasteiger partial charge in [-0.05, 0) is 25.3 Å². The molecule has 1 aromatic rings. The lowest BCUT2D eigenvalue weighted by Gasteiger charge is -2.08. The fourth-order valence-electron chi connectivity index (χ4n) is 1.28. The highest BCUT2D eigenvalue weighted by Gasteiger charge is 2.10. The van der Waals surface area contributed by atoms with Crippen LogP contribution in [0.5, 0.6) is 0 Å². The standard InChI is InChI=1S/C11H16NO2S/c13-9-5-1-2-6-10-15(14)11-7-3-4-8-12-11/h3-4,7-8H,1-2,5-6,9-10H2. The number of nitrogens with zero attached hydrogens (tertiary/aromatic N) is 1. The van der Waals surface area contributed by atoms with E-state index in [1.165, 1.54) is 0 Å². The van der Waals surface area contributed by atoms with Crippen LogP contribution < -0.4 is 0 Å². The first-order valence-electron chi connectivity index (χ1n) is 5.22. The average Bonchev–Trinajstić information content (AvgIpc) is 2.30. The molecule has 1 aromatic heterocycles. The Bertz CT molecular complexity index is 256. The number of unbranched alkanes of at least 4 members (excludes halogenated alkanes) is 3. The SMILES string of the molecule is [O]CCCCCC[S+]([O-])c1ccccn1. The molecule has 0 saturated carbocycles. The zero-order valence-electron chi connectivity index (χ0n) is 8.72. The van der Waals surface area contributed by atoms with Gasteiger partial charge in [0.1, 0.15) is 5.75 Å². The van der Waals surface area contributed by atoms with Crippen molar-refractivity contribution in [3.63, 3.8) is 0 Å². The Morgan fingerprint density at radius 2 is 2.00 bits per heavy atom. The van der Waals surface area contributed by atoms with Gasteiger partial charge in [0.2, 0.25) is 5.03 Å². The Hall–Kier alpha value is -0.580. The number of pyridine rings is 1. The van der Waals surface area contributed by atoms with Gasteiger partial charge < -0.3 is 4.55 Å². The largest absolute Gasteiger partial charge is 0.610 e. The van der Waals surface area contributed by atoms with Gasteiger partial charge in [0.25, 0.3) is 0 Å². The summed E-state index contributed by atoms with van der Waals surface area (Å²) in [6.45, 7) is 0.00330. The van der Waals surface area contributed by atoms with Gasteiger partial charge in [-0.3, -0.25) is 0 Å². The molecule has 1 rings (SSSR count). The molecule has 1 atom stereocenters. The molecule has 0 spiro atoms. The van der Waals surface area contributed by atoms with Crippen LogP contribution in [-0.4, -0.2) is 21.9 Å². The lowest BCUT2D eigenvalue weighted by Crippen LogP contribution is -2.08. The third kappa shape index (κ3) is 5.16. The van der Waals surface area contributed by atoms with Crippen molar-refractivity contribution in [2.24, 2.45) is 0 Å². The normalized spacial score (nSPS) is 12.7. The monoisotopic (exact) mass is 226 g/mol. The molecular weight excluding hydrogens is 210 g/mol. The molecule has 0 aliphatic heterocycles. The number of hydrogen-bond donors (Lipinski definition) is 0. The van der Waals surface area contributed by atoms with Crippen molar-refractivity contribution in [1.29, 1.82) is 0 Å². The second-order valence-electron chi connectivity index (χ2n) is 3.34. The van der Waals surface area contributed by atoms with Crippen LogP contribution in [0.1, 0.15) is 25.7 Å². The Labute approximate surface area is 93.7 Å². The summed E-state index contributed by atoms with van der Waals surface area (Å²) >= 11 is -0.978. The summed E-state index contributed by atoms with van der Waals surface area (Å²) in [5.41, 5.74) is 0. The maximum atomic E-state index is 11.7. The van der Waals surface area contributed by atoms with E-state index in [9.17, 15) is 9.66 Å². The third-order valence-corrected chi connectivity index (χ3v) is 3.46. The van der Waals surface area contributed by atoms with E-state index in [1.54, 1.807) is 12.3 Å². The molecular formula is C11H16NO2S. The van der Waals surface area contributed by atoms with Gasteiger partial charge in [-0.1, -0.05) is 12.5 Å². The van der Waals surface area contributed by atoms with Crippen LogP contribution in [0.4, 0.5) is 0 Å². The van der Waals surface area contributed by atoms with Crippen molar-refractivity contribution in [3.8, 4) is 0 Å². The van der Waals surface area contributed by atoms with E-state index in [2.05, 4.69) is 4.98 Å². The van der Waals surface area contributed by atoms with Gasteiger partial charge in [-0.15, -0.1) is 0 Å². The molecule has 0 saturated heterocycles. The number of rotatable bonds is 7. The third-order valence-electron chi connectivity index (χ3n) is 2.10. The number of hydrogen-bond acceptors (Lipinski definition) is 2. The van der Waals surface area contributed by atoms with E-state index in [0.717, 1.165) is 25.7 Å². The van der Waals surface area contributed by atoms with Crippen LogP contribution in [-0.2, 0) is 16.3 Å². The van der Waals surface area contributed by atoms with E-state index in [0.29, 0.717) is 10.8 Å². The summed E-state index contributed by atoms with van der Waals surface area (Å²) in [7, 11) is 0. The lowest BCUT2D eigenvalue weighted by atomic mass is 10.2. The average molecular weight is 226 g/mol. The fraction of sp³-hybridized carbons (Fsp3) is 0.545. The van der Waals surface area contributed by atoms with Crippen molar-refractivity contribution in [3.05, 3.63) is 24.4 Å². The number of aromatic nitrogens is 1. The minimum atomic E-state index is -0.978. The summed E-state index contributed by atoms with van der Waals surface area (Å²) in [4.78, 5) is 4.04. The van der Waals surface area contributed by atoms with Gasteiger partial charge in [0.15, 0.2) is 0 Å². The van der Waals surface area contributed by atoms with Gasteiger partial charge >= 0.3 is 0 Å². The maximum absolute atomic E-state index is 11.7. The van der Waals surface area contributed by atoms with Crippen LogP contribution in [0.2, 0.25) is 0 Å². The first kappa shape index (κ1) is 12.5. The van der Waals surface area contributed by atoms with Crippen LogP contribution in [0, 0.1) is 0 Å². The zero-order chi connectivity index (χ0) is 10.9. The highest BCUT2D eigenvalue weighted by Crippen LogP contribution is 2.10. The first-order chi connectivity index (χ1) is 7.34. The predicted octanol–water partition coefficient (Wildman–Crippen LogP) is 2.18. The minimum Gasteiger partial charge on any atom is -0.610 e. The molecule has 0 N–H and O–H groups in total. The summed E-state index contributed by atoms with van der Waals surface area (Å²) in [5, 5.41) is 10.8. The topological polar surface area (TPSA) is 55.8 Å². The Morgan fingerprint density at radius 1 is 1.20 bits per heavy atom. The molecule has 1 unspecified atom stereocenters. The second-order valence-corrected chi connectivity index (χ2v) is 4.85. The quantitative estimate of drug-likeness (QED) is 0.528. The van der Waals surface area contributed by atoms with Crippen LogP contribution in [0.15, 0.2) is 29.4 Å². The highest BCUT2D eigenvalue weighted by atomic mass is 32.2. The smallest absolute Gasteiger partial charge is 0.244 e. The van der Waals surface area contributed by atoms with E-state index < -0.39 is 11.2 Å². The summed E-state index contributed by atoms with van der Waals surface area (Å²) in [5.74, 6) is 0.649. The van der Waals surface area contributed by atoms with Crippen molar-refractivity contribution in [1.82, 2.24) is 4.98 Å². The molecule has 0 bridgehead atoms. The van der Waals surface area contributed by atoms with Crippen molar-refractivity contribution in [2.45, 2.75) is 30.7 Å². The second kappa shape index (κ2) is 7.68. The van der Waals surface area contributed by atoms with E-state index in [1.807, 2.05) is 12.1 Å². The Morgan fingerprint density at radius 3 is 2.67 bits per heavy atom. The molecule has 0 aliphatic carbocycles. The zero-order valence-corrected chi connectivity index (χ0v) is 9.54. The van der Waals surface area contributed by atoms with Gasteiger partial charge in [-0.2, -0.15) is 0 Å². The maximum Gasteiger partial charge on any atom is 0.244 e. The summed E-state index contributed by atoms with van der Waals surface area (Å²) in [6, 6.07) is 5.44. The van der Waals surface area contributed by atoms with Gasteiger partial charge in [-0.25, -0.2) is 10.1 Å². The molecule has 4 heteroatoms. The molecule has 0 aliphatic rings. The molecule has 0 amide bonds. The molecule has 1 heterocycles. The van der Waals surface area contributed by atoms with E-state index >= 15 is 0 Å². The fourth-order valence-corrected chi connectivity index (χ4v) is 2.36. The van der Waals surface area contributed by atoms with Crippen molar-refractivity contribution >= 4 is 11.2 Å². The first-order valence-corrected chi connectivity index (χ1v) is 6.54.